The average molecular weight is 247 g/mol. The Kier molecular flexibility index (Phi) is 2.61. The summed E-state index contributed by atoms with van der Waals surface area (Å²) in [6, 6.07) is 0.0787. The van der Waals surface area contributed by atoms with Gasteiger partial charge in [-0.25, -0.2) is 0 Å². The van der Waals surface area contributed by atoms with Crippen molar-refractivity contribution in [2.75, 3.05) is 0 Å². The predicted molar refractivity (Wildman–Crippen MR) is 68.5 cm³/mol. The van der Waals surface area contributed by atoms with E-state index in [1.165, 1.54) is 0 Å². The summed E-state index contributed by atoms with van der Waals surface area (Å²) < 4.78 is 0. The Labute approximate surface area is 108 Å². The smallest absolute Gasteiger partial charge is 0.233 e. The van der Waals surface area contributed by atoms with Gasteiger partial charge in [0.25, 0.3) is 0 Å². The topological polar surface area (TPSA) is 37.4 Å². The van der Waals surface area contributed by atoms with Crippen LogP contribution in [0.2, 0.25) is 0 Å². The average Bonchev–Trinajstić information content (AvgIpc) is 2.98. The van der Waals surface area contributed by atoms with Gasteiger partial charge in [-0.15, -0.1) is 0 Å². The van der Waals surface area contributed by atoms with E-state index in [0.717, 1.165) is 12.8 Å². The maximum atomic E-state index is 12.6. The third-order valence-electron chi connectivity index (χ3n) is 5.02. The van der Waals surface area contributed by atoms with Gasteiger partial charge < -0.3 is 0 Å². The molecule has 1 saturated carbocycles. The molecule has 0 aromatic heterocycles. The summed E-state index contributed by atoms with van der Waals surface area (Å²) in [5.74, 6) is 1.11. The predicted octanol–water partition coefficient (Wildman–Crippen LogP) is 2.23. The Hall–Kier alpha value is -1.12. The number of amides is 2. The van der Waals surface area contributed by atoms with Gasteiger partial charge in [-0.3, -0.25) is 14.5 Å². The number of carbonyl (C=O) groups excluding carboxylic acids is 2. The Morgan fingerprint density at radius 1 is 1.17 bits per heavy atom. The minimum atomic E-state index is -0.0414. The van der Waals surface area contributed by atoms with E-state index in [0.29, 0.717) is 17.8 Å². The Morgan fingerprint density at radius 2 is 1.67 bits per heavy atom. The molecule has 0 aromatic carbocycles. The monoisotopic (exact) mass is 247 g/mol. The highest BCUT2D eigenvalue weighted by atomic mass is 16.2. The van der Waals surface area contributed by atoms with Crippen molar-refractivity contribution in [3.8, 4) is 0 Å². The van der Waals surface area contributed by atoms with Gasteiger partial charge in [-0.1, -0.05) is 32.9 Å². The number of nitrogens with zero attached hydrogens (tertiary/aromatic N) is 1. The fourth-order valence-electron chi connectivity index (χ4n) is 4.20. The molecular weight excluding hydrogens is 226 g/mol. The Bertz CT molecular complexity index is 396. The lowest BCUT2D eigenvalue weighted by Gasteiger charge is -2.29. The van der Waals surface area contributed by atoms with Crippen LogP contribution in [-0.4, -0.2) is 22.8 Å². The summed E-state index contributed by atoms with van der Waals surface area (Å²) in [4.78, 5) is 26.7. The lowest BCUT2D eigenvalue weighted by molar-refractivity contribution is -0.144. The van der Waals surface area contributed by atoms with Crippen molar-refractivity contribution in [2.24, 2.45) is 29.6 Å². The molecule has 0 radical (unpaired) electrons. The van der Waals surface area contributed by atoms with Crippen LogP contribution in [0.5, 0.6) is 0 Å². The number of hydrogen-bond donors (Lipinski definition) is 0. The van der Waals surface area contributed by atoms with E-state index >= 15 is 0 Å². The van der Waals surface area contributed by atoms with E-state index in [1.807, 2.05) is 0 Å². The van der Waals surface area contributed by atoms with Crippen molar-refractivity contribution in [3.63, 3.8) is 0 Å². The highest BCUT2D eigenvalue weighted by molar-refractivity contribution is 6.06. The van der Waals surface area contributed by atoms with Crippen LogP contribution >= 0.6 is 0 Å². The number of fused-ring (bicyclic) bond motifs is 5. The molecule has 2 aliphatic carbocycles. The van der Waals surface area contributed by atoms with Crippen molar-refractivity contribution in [1.29, 1.82) is 0 Å². The molecule has 18 heavy (non-hydrogen) atoms. The first-order chi connectivity index (χ1) is 8.56. The second kappa shape index (κ2) is 3.94. The van der Waals surface area contributed by atoms with Gasteiger partial charge in [0, 0.05) is 6.04 Å². The third-order valence-corrected chi connectivity index (χ3v) is 5.02. The maximum Gasteiger partial charge on any atom is 0.233 e. The Balaban J connectivity index is 1.92. The second-order valence-corrected chi connectivity index (χ2v) is 6.27. The van der Waals surface area contributed by atoms with Crippen LogP contribution in [0.3, 0.4) is 0 Å². The highest BCUT2D eigenvalue weighted by Crippen LogP contribution is 2.53. The summed E-state index contributed by atoms with van der Waals surface area (Å²) in [5, 5.41) is 0. The number of carbonyl (C=O) groups is 2. The van der Waals surface area contributed by atoms with Gasteiger partial charge in [0.2, 0.25) is 11.8 Å². The minimum absolute atomic E-state index is 0.0414. The number of allylic oxidation sites excluding steroid dienone is 2. The van der Waals surface area contributed by atoms with Crippen molar-refractivity contribution < 1.29 is 9.59 Å². The van der Waals surface area contributed by atoms with Crippen LogP contribution in [0.4, 0.5) is 0 Å². The van der Waals surface area contributed by atoms with E-state index in [-0.39, 0.29) is 29.7 Å². The molecule has 2 fully saturated rings. The molecule has 3 nitrogen and oxygen atoms in total. The van der Waals surface area contributed by atoms with Crippen LogP contribution in [-0.2, 0) is 9.59 Å². The summed E-state index contributed by atoms with van der Waals surface area (Å²) in [6.45, 7) is 6.25. The lowest BCUT2D eigenvalue weighted by Crippen LogP contribution is -2.44. The fraction of sp³-hybridized carbons (Fsp3) is 0.733. The van der Waals surface area contributed by atoms with Crippen LogP contribution in [0, 0.1) is 29.6 Å². The molecule has 3 rings (SSSR count). The zero-order chi connectivity index (χ0) is 13.0. The fourth-order valence-corrected chi connectivity index (χ4v) is 4.20. The zero-order valence-electron chi connectivity index (χ0n) is 11.3. The van der Waals surface area contributed by atoms with Crippen LogP contribution < -0.4 is 0 Å². The largest absolute Gasteiger partial charge is 0.279 e. The molecule has 2 amide bonds. The summed E-state index contributed by atoms with van der Waals surface area (Å²) in [7, 11) is 0. The summed E-state index contributed by atoms with van der Waals surface area (Å²) in [5.41, 5.74) is 0. The molecule has 3 heteroatoms. The summed E-state index contributed by atoms with van der Waals surface area (Å²) >= 11 is 0. The second-order valence-electron chi connectivity index (χ2n) is 6.27. The molecule has 0 aromatic rings. The third kappa shape index (κ3) is 1.36. The van der Waals surface area contributed by atoms with Crippen molar-refractivity contribution in [2.45, 2.75) is 39.7 Å². The molecule has 98 valence electrons. The molecular formula is C15H21NO2. The van der Waals surface area contributed by atoms with Gasteiger partial charge in [0.15, 0.2) is 0 Å². The zero-order valence-corrected chi connectivity index (χ0v) is 11.3. The van der Waals surface area contributed by atoms with Crippen molar-refractivity contribution >= 4 is 11.8 Å². The van der Waals surface area contributed by atoms with Gasteiger partial charge in [-0.05, 0) is 30.6 Å². The number of imide groups is 1. The van der Waals surface area contributed by atoms with Crippen LogP contribution in [0.15, 0.2) is 12.2 Å². The first-order valence-electron chi connectivity index (χ1n) is 7.11. The number of likely N-dealkylation sites (tertiary alicyclic amines) is 1. The molecule has 0 spiro atoms. The van der Waals surface area contributed by atoms with E-state index in [4.69, 9.17) is 0 Å². The highest BCUT2D eigenvalue weighted by Gasteiger charge is 2.60. The first kappa shape index (κ1) is 11.9. The van der Waals surface area contributed by atoms with Gasteiger partial charge in [0.1, 0.15) is 0 Å². The van der Waals surface area contributed by atoms with E-state index in [2.05, 4.69) is 32.9 Å². The van der Waals surface area contributed by atoms with E-state index in [1.54, 1.807) is 4.90 Å². The number of rotatable bonds is 3. The molecule has 5 unspecified atom stereocenters. The van der Waals surface area contributed by atoms with Crippen LogP contribution in [0.1, 0.15) is 33.6 Å². The molecule has 3 aliphatic rings. The van der Waals surface area contributed by atoms with Crippen molar-refractivity contribution in [1.82, 2.24) is 4.90 Å². The lowest BCUT2D eigenvalue weighted by atomic mass is 9.85. The Morgan fingerprint density at radius 3 is 2.06 bits per heavy atom. The van der Waals surface area contributed by atoms with Crippen molar-refractivity contribution in [3.05, 3.63) is 12.2 Å². The van der Waals surface area contributed by atoms with E-state index in [9.17, 15) is 9.59 Å². The first-order valence-corrected chi connectivity index (χ1v) is 7.11. The van der Waals surface area contributed by atoms with Gasteiger partial charge in [-0.2, -0.15) is 0 Å². The molecule has 1 aliphatic heterocycles. The maximum absolute atomic E-state index is 12.6. The van der Waals surface area contributed by atoms with Crippen LogP contribution in [0.25, 0.3) is 0 Å². The molecule has 5 atom stereocenters. The summed E-state index contributed by atoms with van der Waals surface area (Å²) in [6.07, 6.45) is 6.17. The quantitative estimate of drug-likeness (QED) is 0.566. The number of hydrogen-bond acceptors (Lipinski definition) is 2. The molecule has 0 N–H and O–H groups in total. The normalized spacial score (nSPS) is 39.0. The standard InChI is InChI=1S/C15H21NO2/c1-4-11(8(2)3)16-14(17)12-9-5-6-10(7-9)13(12)15(16)18/h5-6,8-13H,4,7H2,1-3H3. The molecule has 2 bridgehead atoms. The molecule has 1 saturated heterocycles. The van der Waals surface area contributed by atoms with E-state index < -0.39 is 0 Å². The van der Waals surface area contributed by atoms with Gasteiger partial charge >= 0.3 is 0 Å². The van der Waals surface area contributed by atoms with Gasteiger partial charge in [0.05, 0.1) is 11.8 Å². The SMILES string of the molecule is CCC(C(C)C)N1C(=O)C2C3C=CC(C3)C2C1=O. The molecule has 1 heterocycles. The minimum Gasteiger partial charge on any atom is -0.279 e.